The third-order valence-electron chi connectivity index (χ3n) is 3.46. The number of nitrogens with one attached hydrogen (secondary N) is 2. The Bertz CT molecular complexity index is 449. The van der Waals surface area contributed by atoms with Crippen molar-refractivity contribution >= 4 is 22.0 Å². The van der Waals surface area contributed by atoms with E-state index >= 15 is 0 Å². The van der Waals surface area contributed by atoms with Crippen LogP contribution >= 0.6 is 15.9 Å². The van der Waals surface area contributed by atoms with Gasteiger partial charge >= 0.3 is 6.03 Å². The highest BCUT2D eigenvalue weighted by atomic mass is 79.9. The summed E-state index contributed by atoms with van der Waals surface area (Å²) in [6, 6.07) is 7.92. The van der Waals surface area contributed by atoms with Gasteiger partial charge in [0.15, 0.2) is 0 Å². The molecule has 4 nitrogen and oxygen atoms in total. The third-order valence-corrected chi connectivity index (χ3v) is 4.18. The summed E-state index contributed by atoms with van der Waals surface area (Å²) in [5.74, 6) is 0.385. The predicted molar refractivity (Wildman–Crippen MR) is 78.1 cm³/mol. The highest BCUT2D eigenvalue weighted by Crippen LogP contribution is 2.43. The van der Waals surface area contributed by atoms with Crippen LogP contribution in [-0.2, 0) is 0 Å². The van der Waals surface area contributed by atoms with Crippen LogP contribution in [0.3, 0.4) is 0 Å². The summed E-state index contributed by atoms with van der Waals surface area (Å²) in [5.41, 5.74) is 1.24. The van der Waals surface area contributed by atoms with Crippen LogP contribution in [-0.4, -0.2) is 29.8 Å². The van der Waals surface area contributed by atoms with Crippen LogP contribution in [0.1, 0.15) is 31.2 Å². The fraction of sp³-hybridized carbons (Fsp3) is 0.500. The van der Waals surface area contributed by atoms with E-state index in [4.69, 9.17) is 5.11 Å². The number of hydrogen-bond acceptors (Lipinski definition) is 2. The van der Waals surface area contributed by atoms with Gasteiger partial charge in [-0.15, -0.1) is 0 Å². The first-order chi connectivity index (χ1) is 9.15. The van der Waals surface area contributed by atoms with Gasteiger partial charge in [-0.05, 0) is 24.5 Å². The number of halogens is 1. The SMILES string of the molecule is CCC(CO)NC(=O)NC1CC1c1ccccc1Br. The maximum atomic E-state index is 11.7. The molecule has 1 aliphatic carbocycles. The van der Waals surface area contributed by atoms with E-state index in [1.165, 1.54) is 5.56 Å². The molecule has 5 heteroatoms. The van der Waals surface area contributed by atoms with Crippen molar-refractivity contribution < 1.29 is 9.90 Å². The summed E-state index contributed by atoms with van der Waals surface area (Å²) in [7, 11) is 0. The van der Waals surface area contributed by atoms with Crippen molar-refractivity contribution in [3.63, 3.8) is 0 Å². The molecule has 0 radical (unpaired) electrons. The van der Waals surface area contributed by atoms with Crippen LogP contribution in [0.2, 0.25) is 0 Å². The summed E-state index contributed by atoms with van der Waals surface area (Å²) >= 11 is 3.53. The minimum absolute atomic E-state index is 0.0255. The quantitative estimate of drug-likeness (QED) is 0.778. The zero-order valence-electron chi connectivity index (χ0n) is 10.9. The first-order valence-corrected chi connectivity index (χ1v) is 7.37. The van der Waals surface area contributed by atoms with E-state index in [0.29, 0.717) is 5.92 Å². The lowest BCUT2D eigenvalue weighted by Gasteiger charge is -2.14. The number of aliphatic hydroxyl groups excluding tert-OH is 1. The van der Waals surface area contributed by atoms with Crippen LogP contribution in [0.5, 0.6) is 0 Å². The van der Waals surface area contributed by atoms with Crippen molar-refractivity contribution in [2.45, 2.75) is 37.8 Å². The van der Waals surface area contributed by atoms with Gasteiger partial charge in [0, 0.05) is 16.4 Å². The molecule has 2 rings (SSSR count). The second kappa shape index (κ2) is 6.39. The number of rotatable bonds is 5. The average Bonchev–Trinajstić information content (AvgIpc) is 3.15. The highest BCUT2D eigenvalue weighted by molar-refractivity contribution is 9.10. The first kappa shape index (κ1) is 14.3. The van der Waals surface area contributed by atoms with E-state index in [9.17, 15) is 4.79 Å². The molecular formula is C14H19BrN2O2. The van der Waals surface area contributed by atoms with Crippen molar-refractivity contribution in [1.82, 2.24) is 10.6 Å². The molecule has 0 saturated heterocycles. The summed E-state index contributed by atoms with van der Waals surface area (Å²) in [6.45, 7) is 1.91. The van der Waals surface area contributed by atoms with Crippen LogP contribution in [0.15, 0.2) is 28.7 Å². The second-order valence-corrected chi connectivity index (χ2v) is 5.73. The normalized spacial score (nSPS) is 22.7. The van der Waals surface area contributed by atoms with Crippen molar-refractivity contribution in [2.75, 3.05) is 6.61 Å². The summed E-state index contributed by atoms with van der Waals surface area (Å²) in [6.07, 6.45) is 1.69. The first-order valence-electron chi connectivity index (χ1n) is 6.58. The molecule has 1 fully saturated rings. The molecule has 2 amide bonds. The van der Waals surface area contributed by atoms with Crippen molar-refractivity contribution in [3.05, 3.63) is 34.3 Å². The molecule has 0 aromatic heterocycles. The highest BCUT2D eigenvalue weighted by Gasteiger charge is 2.40. The zero-order chi connectivity index (χ0) is 13.8. The second-order valence-electron chi connectivity index (χ2n) is 4.88. The topological polar surface area (TPSA) is 61.4 Å². The van der Waals surface area contributed by atoms with Gasteiger partial charge in [-0.25, -0.2) is 4.79 Å². The minimum Gasteiger partial charge on any atom is -0.394 e. The molecule has 3 unspecified atom stereocenters. The van der Waals surface area contributed by atoms with Gasteiger partial charge in [-0.1, -0.05) is 41.1 Å². The van der Waals surface area contributed by atoms with Gasteiger partial charge in [0.1, 0.15) is 0 Å². The molecule has 19 heavy (non-hydrogen) atoms. The number of aliphatic hydroxyl groups is 1. The molecule has 1 aromatic rings. The minimum atomic E-state index is -0.194. The van der Waals surface area contributed by atoms with Crippen LogP contribution in [0.25, 0.3) is 0 Å². The van der Waals surface area contributed by atoms with Crippen molar-refractivity contribution in [2.24, 2.45) is 0 Å². The Kier molecular flexibility index (Phi) is 4.82. The van der Waals surface area contributed by atoms with Crippen molar-refractivity contribution in [3.8, 4) is 0 Å². The molecule has 0 spiro atoms. The molecule has 104 valence electrons. The Morgan fingerprint density at radius 1 is 1.53 bits per heavy atom. The zero-order valence-corrected chi connectivity index (χ0v) is 12.5. The van der Waals surface area contributed by atoms with E-state index in [2.05, 4.69) is 32.6 Å². The van der Waals surface area contributed by atoms with E-state index in [0.717, 1.165) is 17.3 Å². The van der Waals surface area contributed by atoms with E-state index in [1.807, 2.05) is 25.1 Å². The average molecular weight is 327 g/mol. The Hall–Kier alpha value is -1.07. The van der Waals surface area contributed by atoms with Gasteiger partial charge in [-0.2, -0.15) is 0 Å². The Morgan fingerprint density at radius 2 is 2.26 bits per heavy atom. The summed E-state index contributed by atoms with van der Waals surface area (Å²) < 4.78 is 1.09. The number of urea groups is 1. The Labute approximate surface area is 121 Å². The Balaban J connectivity index is 1.84. The number of hydrogen-bond donors (Lipinski definition) is 3. The van der Waals surface area contributed by atoms with Gasteiger partial charge < -0.3 is 15.7 Å². The number of benzene rings is 1. The van der Waals surface area contributed by atoms with Crippen LogP contribution in [0.4, 0.5) is 4.79 Å². The van der Waals surface area contributed by atoms with E-state index in [-0.39, 0.29) is 24.7 Å². The maximum absolute atomic E-state index is 11.7. The molecule has 1 aliphatic rings. The van der Waals surface area contributed by atoms with Crippen molar-refractivity contribution in [1.29, 1.82) is 0 Å². The van der Waals surface area contributed by atoms with E-state index in [1.54, 1.807) is 0 Å². The molecule has 1 aromatic carbocycles. The van der Waals surface area contributed by atoms with Gasteiger partial charge in [0.05, 0.1) is 12.6 Å². The number of carbonyl (C=O) groups excluding carboxylic acids is 1. The monoisotopic (exact) mass is 326 g/mol. The van der Waals surface area contributed by atoms with Crippen LogP contribution < -0.4 is 10.6 Å². The lowest BCUT2D eigenvalue weighted by atomic mass is 10.1. The lowest BCUT2D eigenvalue weighted by Crippen LogP contribution is -2.44. The standard InChI is InChI=1S/C14H19BrN2O2/c1-2-9(8-18)16-14(19)17-13-7-11(13)10-5-3-4-6-12(10)15/h3-6,9,11,13,18H,2,7-8H2,1H3,(H2,16,17,19). The maximum Gasteiger partial charge on any atom is 0.315 e. The third kappa shape index (κ3) is 3.70. The smallest absolute Gasteiger partial charge is 0.315 e. The van der Waals surface area contributed by atoms with Gasteiger partial charge in [0.2, 0.25) is 0 Å². The number of amides is 2. The summed E-state index contributed by atoms with van der Waals surface area (Å²) in [5, 5.41) is 14.8. The van der Waals surface area contributed by atoms with E-state index < -0.39 is 0 Å². The fourth-order valence-corrected chi connectivity index (χ4v) is 2.73. The fourth-order valence-electron chi connectivity index (χ4n) is 2.15. The van der Waals surface area contributed by atoms with Gasteiger partial charge in [-0.3, -0.25) is 0 Å². The lowest BCUT2D eigenvalue weighted by molar-refractivity contribution is 0.214. The van der Waals surface area contributed by atoms with Gasteiger partial charge in [0.25, 0.3) is 0 Å². The molecule has 0 heterocycles. The summed E-state index contributed by atoms with van der Waals surface area (Å²) in [4.78, 5) is 11.7. The molecule has 1 saturated carbocycles. The molecule has 0 aliphatic heterocycles. The molecule has 3 atom stereocenters. The Morgan fingerprint density at radius 3 is 2.89 bits per heavy atom. The predicted octanol–water partition coefficient (Wildman–Crippen LogP) is 2.38. The molecule has 0 bridgehead atoms. The molecular weight excluding hydrogens is 308 g/mol. The number of carbonyl (C=O) groups is 1. The largest absolute Gasteiger partial charge is 0.394 e. The molecule has 3 N–H and O–H groups in total. The van der Waals surface area contributed by atoms with Crippen LogP contribution in [0, 0.1) is 0 Å².